The summed E-state index contributed by atoms with van der Waals surface area (Å²) in [6.45, 7) is 1.07. The fourth-order valence-corrected chi connectivity index (χ4v) is 3.08. The second kappa shape index (κ2) is 8.69. The molecule has 0 aliphatic carbocycles. The van der Waals surface area contributed by atoms with Gasteiger partial charge in [0.1, 0.15) is 12.4 Å². The lowest BCUT2D eigenvalue weighted by Gasteiger charge is -2.08. The van der Waals surface area contributed by atoms with Crippen molar-refractivity contribution in [2.45, 2.75) is 19.6 Å². The number of halogens is 1. The molecule has 0 atom stereocenters. The Balaban J connectivity index is 1.48. The number of carboxylic acids is 1. The van der Waals surface area contributed by atoms with Gasteiger partial charge in [0.2, 0.25) is 0 Å². The largest absolute Gasteiger partial charge is 0.550 e. The molecule has 1 N–H and O–H groups in total. The van der Waals surface area contributed by atoms with Crippen molar-refractivity contribution in [1.29, 1.82) is 0 Å². The molecule has 0 bridgehead atoms. The van der Waals surface area contributed by atoms with Crippen molar-refractivity contribution in [3.05, 3.63) is 75.8 Å². The Hall–Kier alpha value is -2.57. The first-order valence-corrected chi connectivity index (χ1v) is 9.18. The van der Waals surface area contributed by atoms with Crippen molar-refractivity contribution < 1.29 is 14.6 Å². The smallest absolute Gasteiger partial charge is 0.183 e. The molecule has 1 aromatic heterocycles. The van der Waals surface area contributed by atoms with Crippen LogP contribution in [0.1, 0.15) is 16.8 Å². The number of carboxylic acid groups (broad SMARTS) is 1. The fraction of sp³-hybridized carbons (Fsp3) is 0.158. The number of hydrogen-bond acceptors (Lipinski definition) is 6. The molecule has 5 nitrogen and oxygen atoms in total. The van der Waals surface area contributed by atoms with E-state index < -0.39 is 5.97 Å². The Kier molecular flexibility index (Phi) is 6.09. The number of rotatable bonds is 8. The van der Waals surface area contributed by atoms with E-state index in [2.05, 4.69) is 10.3 Å². The summed E-state index contributed by atoms with van der Waals surface area (Å²) in [5, 5.41) is 16.8. The molecule has 0 saturated carbocycles. The Morgan fingerprint density at radius 3 is 2.50 bits per heavy atom. The maximum atomic E-state index is 10.6. The molecule has 26 heavy (non-hydrogen) atoms. The van der Waals surface area contributed by atoms with Crippen molar-refractivity contribution in [2.24, 2.45) is 0 Å². The zero-order chi connectivity index (χ0) is 18.4. The molecule has 0 radical (unpaired) electrons. The number of aromatic nitrogens is 1. The van der Waals surface area contributed by atoms with Crippen LogP contribution in [0.15, 0.2) is 53.9 Å². The SMILES string of the molecule is O=C([O-])Cc1csc(NCc2ccc(OCc3ccc(Cl)cc3)cc2)n1. The second-order valence-electron chi connectivity index (χ2n) is 5.61. The normalized spacial score (nSPS) is 10.5. The van der Waals surface area contributed by atoms with E-state index in [0.717, 1.165) is 16.9 Å². The van der Waals surface area contributed by atoms with Crippen LogP contribution in [0, 0.1) is 0 Å². The summed E-state index contributed by atoms with van der Waals surface area (Å²) in [5.41, 5.74) is 2.63. The van der Waals surface area contributed by atoms with E-state index in [1.54, 1.807) is 5.38 Å². The zero-order valence-corrected chi connectivity index (χ0v) is 15.3. The highest BCUT2D eigenvalue weighted by atomic mass is 35.5. The Morgan fingerprint density at radius 1 is 1.12 bits per heavy atom. The van der Waals surface area contributed by atoms with E-state index in [1.165, 1.54) is 11.3 Å². The van der Waals surface area contributed by atoms with Gasteiger partial charge in [-0.1, -0.05) is 35.9 Å². The maximum Gasteiger partial charge on any atom is 0.183 e. The van der Waals surface area contributed by atoms with Crippen LogP contribution in [-0.2, 0) is 24.4 Å². The van der Waals surface area contributed by atoms with E-state index in [1.807, 2.05) is 48.5 Å². The van der Waals surface area contributed by atoms with Gasteiger partial charge in [-0.15, -0.1) is 11.3 Å². The van der Waals surface area contributed by atoms with Gasteiger partial charge in [-0.2, -0.15) is 0 Å². The summed E-state index contributed by atoms with van der Waals surface area (Å²) >= 11 is 7.24. The average Bonchev–Trinajstić information content (AvgIpc) is 3.07. The van der Waals surface area contributed by atoms with Crippen LogP contribution in [0.5, 0.6) is 5.75 Å². The summed E-state index contributed by atoms with van der Waals surface area (Å²) in [6, 6.07) is 15.3. The number of hydrogen-bond donors (Lipinski definition) is 1. The number of nitrogens with one attached hydrogen (secondary N) is 1. The van der Waals surface area contributed by atoms with Crippen molar-refractivity contribution in [3.8, 4) is 5.75 Å². The minimum atomic E-state index is -1.13. The van der Waals surface area contributed by atoms with Crippen LogP contribution in [0.25, 0.3) is 0 Å². The average molecular weight is 388 g/mol. The van der Waals surface area contributed by atoms with Crippen LogP contribution in [0.2, 0.25) is 5.02 Å². The number of nitrogens with zero attached hydrogens (tertiary/aromatic N) is 1. The third-order valence-corrected chi connectivity index (χ3v) is 4.66. The topological polar surface area (TPSA) is 74.3 Å². The lowest BCUT2D eigenvalue weighted by atomic mass is 10.2. The van der Waals surface area contributed by atoms with E-state index >= 15 is 0 Å². The Morgan fingerprint density at radius 2 is 1.81 bits per heavy atom. The zero-order valence-electron chi connectivity index (χ0n) is 13.8. The van der Waals surface area contributed by atoms with Gasteiger partial charge in [0.15, 0.2) is 5.13 Å². The van der Waals surface area contributed by atoms with Crippen LogP contribution in [0.3, 0.4) is 0 Å². The number of ether oxygens (including phenoxy) is 1. The summed E-state index contributed by atoms with van der Waals surface area (Å²) in [5.74, 6) is -0.342. The van der Waals surface area contributed by atoms with Gasteiger partial charge in [-0.3, -0.25) is 0 Å². The molecule has 0 spiro atoms. The highest BCUT2D eigenvalue weighted by molar-refractivity contribution is 7.13. The highest BCUT2D eigenvalue weighted by Crippen LogP contribution is 2.19. The minimum Gasteiger partial charge on any atom is -0.550 e. The number of carbonyl (C=O) groups excluding carboxylic acids is 1. The first-order chi connectivity index (χ1) is 12.6. The number of aliphatic carboxylic acids is 1. The van der Waals surface area contributed by atoms with Crippen molar-refractivity contribution in [3.63, 3.8) is 0 Å². The molecule has 2 aromatic carbocycles. The van der Waals surface area contributed by atoms with Gasteiger partial charge >= 0.3 is 0 Å². The van der Waals surface area contributed by atoms with Crippen LogP contribution in [-0.4, -0.2) is 11.0 Å². The maximum absolute atomic E-state index is 10.6. The van der Waals surface area contributed by atoms with Gasteiger partial charge < -0.3 is 20.0 Å². The standard InChI is InChI=1S/C19H17ClN2O3S/c20-15-5-1-14(2-6-15)11-25-17-7-3-13(4-8-17)10-21-19-22-16(12-26-19)9-18(23)24/h1-8,12H,9-11H2,(H,21,22)(H,23,24)/p-1. The summed E-state index contributed by atoms with van der Waals surface area (Å²) in [4.78, 5) is 14.8. The summed E-state index contributed by atoms with van der Waals surface area (Å²) in [7, 11) is 0. The van der Waals surface area contributed by atoms with Gasteiger partial charge in [0.05, 0.1) is 5.69 Å². The molecule has 134 valence electrons. The van der Waals surface area contributed by atoms with E-state index in [0.29, 0.717) is 29.0 Å². The molecular formula is C19H16ClN2O3S-. The Labute approximate surface area is 160 Å². The number of anilines is 1. The van der Waals surface area contributed by atoms with Gasteiger partial charge in [0.25, 0.3) is 0 Å². The minimum absolute atomic E-state index is 0.169. The highest BCUT2D eigenvalue weighted by Gasteiger charge is 2.03. The molecule has 3 aromatic rings. The third kappa shape index (κ3) is 5.47. The lowest BCUT2D eigenvalue weighted by molar-refractivity contribution is -0.304. The van der Waals surface area contributed by atoms with Crippen LogP contribution < -0.4 is 15.2 Å². The van der Waals surface area contributed by atoms with Crippen molar-refractivity contribution >= 4 is 34.0 Å². The van der Waals surface area contributed by atoms with Crippen LogP contribution in [0.4, 0.5) is 5.13 Å². The fourth-order valence-electron chi connectivity index (χ4n) is 2.25. The number of thiazole rings is 1. The van der Waals surface area contributed by atoms with E-state index in [9.17, 15) is 9.90 Å². The molecular weight excluding hydrogens is 372 g/mol. The van der Waals surface area contributed by atoms with Gasteiger partial charge in [-0.25, -0.2) is 4.98 Å². The molecule has 0 aliphatic rings. The first-order valence-electron chi connectivity index (χ1n) is 7.93. The molecule has 0 fully saturated rings. The first kappa shape index (κ1) is 18.2. The third-order valence-electron chi connectivity index (χ3n) is 3.56. The van der Waals surface area contributed by atoms with Crippen LogP contribution >= 0.6 is 22.9 Å². The molecule has 1 heterocycles. The van der Waals surface area contributed by atoms with E-state index in [4.69, 9.17) is 16.3 Å². The summed E-state index contributed by atoms with van der Waals surface area (Å²) in [6.07, 6.45) is -0.169. The lowest BCUT2D eigenvalue weighted by Crippen LogP contribution is -2.24. The molecule has 0 aliphatic heterocycles. The predicted octanol–water partition coefficient (Wildman–Crippen LogP) is 3.28. The molecule has 0 amide bonds. The quantitative estimate of drug-likeness (QED) is 0.642. The molecule has 0 unspecified atom stereocenters. The molecule has 0 saturated heterocycles. The van der Waals surface area contributed by atoms with Gasteiger partial charge in [-0.05, 0) is 35.4 Å². The predicted molar refractivity (Wildman–Crippen MR) is 100 cm³/mol. The monoisotopic (exact) mass is 387 g/mol. The second-order valence-corrected chi connectivity index (χ2v) is 6.90. The number of benzene rings is 2. The molecule has 3 rings (SSSR count). The molecule has 7 heteroatoms. The van der Waals surface area contributed by atoms with Crippen molar-refractivity contribution in [2.75, 3.05) is 5.32 Å². The summed E-state index contributed by atoms with van der Waals surface area (Å²) < 4.78 is 5.75. The van der Waals surface area contributed by atoms with E-state index in [-0.39, 0.29) is 6.42 Å². The van der Waals surface area contributed by atoms with Gasteiger partial charge in [0, 0.05) is 29.3 Å². The Bertz CT molecular complexity index is 863. The number of carbonyl (C=O) groups is 1. The van der Waals surface area contributed by atoms with Crippen molar-refractivity contribution in [1.82, 2.24) is 4.98 Å².